The summed E-state index contributed by atoms with van der Waals surface area (Å²) >= 11 is 0. The third-order valence-corrected chi connectivity index (χ3v) is 3.71. The number of allylic oxidation sites excluding steroid dienone is 9. The van der Waals surface area contributed by atoms with Gasteiger partial charge in [0.15, 0.2) is 17.3 Å². The molecule has 0 bridgehead atoms. The number of ketones is 3. The van der Waals surface area contributed by atoms with Crippen LogP contribution in [0, 0.1) is 17.8 Å². The van der Waals surface area contributed by atoms with E-state index >= 15 is 0 Å². The first-order chi connectivity index (χ1) is 14.1. The van der Waals surface area contributed by atoms with Crippen molar-refractivity contribution in [1.82, 2.24) is 0 Å². The Bertz CT molecular complexity index is 800. The van der Waals surface area contributed by atoms with Gasteiger partial charge in [0, 0.05) is 0 Å². The topological polar surface area (TPSA) is 172 Å². The van der Waals surface area contributed by atoms with Crippen LogP contribution in [0.2, 0.25) is 0 Å². The first kappa shape index (κ1) is 27.4. The molecule has 3 unspecified atom stereocenters. The van der Waals surface area contributed by atoms with Crippen LogP contribution in [-0.2, 0) is 28.8 Å². The molecule has 0 radical (unpaired) electrons. The Kier molecular flexibility index (Phi) is 12.0. The minimum absolute atomic E-state index is 0. The average Bonchev–Trinajstić information content (AvgIpc) is 2.69. The Morgan fingerprint density at radius 3 is 0.871 bits per heavy atom. The molecule has 0 N–H and O–H groups in total. The summed E-state index contributed by atoms with van der Waals surface area (Å²) in [6.45, 7) is 0. The molecule has 0 fully saturated rings. The Morgan fingerprint density at radius 1 is 0.516 bits per heavy atom. The van der Waals surface area contributed by atoms with E-state index in [9.17, 15) is 44.1 Å². The van der Waals surface area contributed by atoms with E-state index in [4.69, 9.17) is 0 Å². The Morgan fingerprint density at radius 2 is 0.742 bits per heavy atom. The van der Waals surface area contributed by atoms with Crippen LogP contribution >= 0.6 is 0 Å². The molecular formula is C21H15AlO9. The predicted molar refractivity (Wildman–Crippen MR) is 101 cm³/mol. The van der Waals surface area contributed by atoms with E-state index in [2.05, 4.69) is 0 Å². The van der Waals surface area contributed by atoms with Crippen molar-refractivity contribution < 1.29 is 44.1 Å². The number of hydrogen-bond donors (Lipinski definition) is 0. The predicted octanol–water partition coefficient (Wildman–Crippen LogP) is -3.24. The SMILES string of the molecule is O=C([O-])C1C=CC=CC1=O.O=C([O-])C1C=CC=CC1=O.O=C([O-])C1C=CC=CC1=O.[Al+3]. The molecule has 0 amide bonds. The zero-order valence-corrected chi connectivity index (χ0v) is 17.1. The summed E-state index contributed by atoms with van der Waals surface area (Å²) in [6, 6.07) is 0. The van der Waals surface area contributed by atoms with Crippen LogP contribution in [0.3, 0.4) is 0 Å². The Balaban J connectivity index is 0.000000429. The fraction of sp³-hybridized carbons (Fsp3) is 0.143. The molecule has 9 nitrogen and oxygen atoms in total. The molecule has 0 saturated carbocycles. The van der Waals surface area contributed by atoms with Gasteiger partial charge < -0.3 is 29.7 Å². The van der Waals surface area contributed by atoms with Gasteiger partial charge in [-0.15, -0.1) is 0 Å². The van der Waals surface area contributed by atoms with Gasteiger partial charge in [0.25, 0.3) is 0 Å². The molecule has 156 valence electrons. The summed E-state index contributed by atoms with van der Waals surface area (Å²) in [5, 5.41) is 30.4. The van der Waals surface area contributed by atoms with E-state index in [1.54, 1.807) is 0 Å². The maximum Gasteiger partial charge on any atom is 3.00 e. The second-order valence-corrected chi connectivity index (χ2v) is 5.83. The number of carboxylic acid groups (broad SMARTS) is 3. The van der Waals surface area contributed by atoms with E-state index in [0.717, 1.165) is 0 Å². The number of carboxylic acids is 3. The van der Waals surface area contributed by atoms with Crippen LogP contribution in [0.1, 0.15) is 0 Å². The van der Waals surface area contributed by atoms with Crippen molar-refractivity contribution in [1.29, 1.82) is 0 Å². The molecule has 0 spiro atoms. The standard InChI is InChI=1S/3C7H6O3.Al/c3*8-6-4-2-1-3-5(6)7(9)10;/h3*1-5H,(H,9,10);/q;;;+3/p-3. The number of hydrogen-bond acceptors (Lipinski definition) is 9. The largest absolute Gasteiger partial charge is 3.00 e. The van der Waals surface area contributed by atoms with E-state index in [-0.39, 0.29) is 17.4 Å². The summed E-state index contributed by atoms with van der Waals surface area (Å²) in [5.41, 5.74) is 0. The van der Waals surface area contributed by atoms with E-state index in [1.165, 1.54) is 72.9 Å². The smallest absolute Gasteiger partial charge is 0.549 e. The molecule has 10 heteroatoms. The third-order valence-electron chi connectivity index (χ3n) is 3.71. The van der Waals surface area contributed by atoms with Crippen molar-refractivity contribution in [3.63, 3.8) is 0 Å². The monoisotopic (exact) mass is 438 g/mol. The molecule has 31 heavy (non-hydrogen) atoms. The fourth-order valence-corrected chi connectivity index (χ4v) is 2.16. The number of rotatable bonds is 3. The minimum Gasteiger partial charge on any atom is -0.549 e. The van der Waals surface area contributed by atoms with Crippen molar-refractivity contribution in [2.24, 2.45) is 17.8 Å². The molecule has 0 saturated heterocycles. The Labute approximate surface area is 187 Å². The molecule has 3 rings (SSSR count). The summed E-state index contributed by atoms with van der Waals surface area (Å²) in [5.74, 6) is -8.55. The van der Waals surface area contributed by atoms with Crippen LogP contribution in [0.25, 0.3) is 0 Å². The van der Waals surface area contributed by atoms with Crippen molar-refractivity contribution in [2.45, 2.75) is 0 Å². The zero-order valence-electron chi connectivity index (χ0n) is 15.9. The maximum absolute atomic E-state index is 10.7. The van der Waals surface area contributed by atoms with E-state index in [0.29, 0.717) is 0 Å². The quantitative estimate of drug-likeness (QED) is 0.324. The third kappa shape index (κ3) is 9.17. The second-order valence-electron chi connectivity index (χ2n) is 5.83. The van der Waals surface area contributed by atoms with Crippen molar-refractivity contribution in [2.75, 3.05) is 0 Å². The molecule has 0 aromatic heterocycles. The van der Waals surface area contributed by atoms with Gasteiger partial charge in [0.1, 0.15) is 0 Å². The molecule has 3 aliphatic rings. The molecule has 0 aromatic carbocycles. The number of aliphatic carboxylic acids is 3. The molecule has 0 aliphatic heterocycles. The van der Waals surface area contributed by atoms with E-state index in [1.807, 2.05) is 0 Å². The fourth-order valence-electron chi connectivity index (χ4n) is 2.16. The van der Waals surface area contributed by atoms with Gasteiger partial charge in [-0.2, -0.15) is 0 Å². The van der Waals surface area contributed by atoms with Crippen LogP contribution < -0.4 is 15.3 Å². The maximum atomic E-state index is 10.7. The van der Waals surface area contributed by atoms with Crippen LogP contribution in [0.5, 0.6) is 0 Å². The van der Waals surface area contributed by atoms with E-state index < -0.39 is 53.0 Å². The summed E-state index contributed by atoms with van der Waals surface area (Å²) in [7, 11) is 0. The van der Waals surface area contributed by atoms with Gasteiger partial charge in [-0.3, -0.25) is 14.4 Å². The van der Waals surface area contributed by atoms with Crippen LogP contribution in [0.15, 0.2) is 72.9 Å². The number of carbonyl (C=O) groups is 6. The molecular weight excluding hydrogens is 423 g/mol. The number of carbonyl (C=O) groups excluding carboxylic acids is 6. The first-order valence-electron chi connectivity index (χ1n) is 8.44. The van der Waals surface area contributed by atoms with Gasteiger partial charge in [0.05, 0.1) is 35.7 Å². The normalized spacial score (nSPS) is 22.5. The molecule has 0 heterocycles. The van der Waals surface area contributed by atoms with Crippen molar-refractivity contribution >= 4 is 52.6 Å². The van der Waals surface area contributed by atoms with Gasteiger partial charge in [-0.05, 0) is 18.2 Å². The molecule has 0 aromatic rings. The Hall–Kier alpha value is -3.61. The van der Waals surface area contributed by atoms with Gasteiger partial charge in [-0.1, -0.05) is 54.7 Å². The summed E-state index contributed by atoms with van der Waals surface area (Å²) < 4.78 is 0. The second kappa shape index (κ2) is 13.6. The summed E-state index contributed by atoms with van der Waals surface area (Å²) in [6.07, 6.45) is 16.6. The van der Waals surface area contributed by atoms with Crippen molar-refractivity contribution in [3.05, 3.63) is 72.9 Å². The van der Waals surface area contributed by atoms with Gasteiger partial charge >= 0.3 is 17.4 Å². The average molecular weight is 438 g/mol. The molecule has 3 atom stereocenters. The van der Waals surface area contributed by atoms with Crippen LogP contribution in [0.4, 0.5) is 0 Å². The van der Waals surface area contributed by atoms with Gasteiger partial charge in [0.2, 0.25) is 0 Å². The van der Waals surface area contributed by atoms with Crippen molar-refractivity contribution in [3.8, 4) is 0 Å². The minimum atomic E-state index is -1.34. The summed E-state index contributed by atoms with van der Waals surface area (Å²) in [4.78, 5) is 62.5. The van der Waals surface area contributed by atoms with Crippen LogP contribution in [-0.4, -0.2) is 52.6 Å². The first-order valence-corrected chi connectivity index (χ1v) is 8.44. The molecule has 3 aliphatic carbocycles. The van der Waals surface area contributed by atoms with Gasteiger partial charge in [-0.25, -0.2) is 0 Å². The zero-order chi connectivity index (χ0) is 22.7.